The number of aryl methyl sites for hydroxylation is 1. The van der Waals surface area contributed by atoms with Crippen molar-refractivity contribution in [1.82, 2.24) is 24.9 Å². The van der Waals surface area contributed by atoms with Gasteiger partial charge in [-0.1, -0.05) is 0 Å². The number of carbonyl (C=O) groups is 1. The van der Waals surface area contributed by atoms with Crippen LogP contribution in [-0.4, -0.2) is 50.8 Å². The van der Waals surface area contributed by atoms with Crippen molar-refractivity contribution >= 4 is 44.4 Å². The number of ether oxygens (including phenoxy) is 3. The lowest BCUT2D eigenvalue weighted by molar-refractivity contribution is 0.100. The Labute approximate surface area is 213 Å². The molecule has 0 saturated carbocycles. The van der Waals surface area contributed by atoms with E-state index in [2.05, 4.69) is 25.3 Å². The number of halogens is 1. The number of methoxy groups -OCH3 is 1. The maximum atomic E-state index is 15.0. The SMILES string of the molecule is COc1cnc2c(-c3nc4cc(F)c5c(c4s3)C[C@H](COC(=O)Nc3cncnc3)O5)cc(C)cc2n1. The van der Waals surface area contributed by atoms with Crippen molar-refractivity contribution in [1.29, 1.82) is 0 Å². The second-order valence-electron chi connectivity index (χ2n) is 8.42. The van der Waals surface area contributed by atoms with E-state index in [1.807, 2.05) is 19.1 Å². The maximum Gasteiger partial charge on any atom is 0.411 e. The summed E-state index contributed by atoms with van der Waals surface area (Å²) >= 11 is 1.44. The van der Waals surface area contributed by atoms with Crippen LogP contribution in [0, 0.1) is 12.7 Å². The van der Waals surface area contributed by atoms with Crippen LogP contribution in [-0.2, 0) is 11.2 Å². The van der Waals surface area contributed by atoms with Crippen molar-refractivity contribution in [3.63, 3.8) is 0 Å². The smallest absolute Gasteiger partial charge is 0.411 e. The van der Waals surface area contributed by atoms with Crippen molar-refractivity contribution in [2.24, 2.45) is 0 Å². The highest BCUT2D eigenvalue weighted by molar-refractivity contribution is 7.22. The Hall–Kier alpha value is -4.45. The fourth-order valence-electron chi connectivity index (χ4n) is 4.23. The molecule has 186 valence electrons. The highest BCUT2D eigenvalue weighted by Gasteiger charge is 2.31. The van der Waals surface area contributed by atoms with Gasteiger partial charge in [-0.05, 0) is 24.6 Å². The van der Waals surface area contributed by atoms with Gasteiger partial charge in [0.05, 0.1) is 52.6 Å². The van der Waals surface area contributed by atoms with Crippen molar-refractivity contribution in [2.45, 2.75) is 19.4 Å². The summed E-state index contributed by atoms with van der Waals surface area (Å²) in [5.41, 5.74) is 4.79. The molecule has 0 unspecified atom stereocenters. The number of anilines is 1. The fraction of sp³-hybridized carbons (Fsp3) is 0.200. The predicted octanol–water partition coefficient (Wildman–Crippen LogP) is 4.70. The number of hydrogen-bond donors (Lipinski definition) is 1. The molecule has 0 saturated heterocycles. The Morgan fingerprint density at radius 1 is 1.19 bits per heavy atom. The minimum Gasteiger partial charge on any atom is -0.483 e. The quantitative estimate of drug-likeness (QED) is 0.353. The first kappa shape index (κ1) is 23.0. The molecule has 3 aromatic heterocycles. The van der Waals surface area contributed by atoms with E-state index in [0.717, 1.165) is 15.8 Å². The zero-order chi connectivity index (χ0) is 25.5. The van der Waals surface area contributed by atoms with E-state index in [0.29, 0.717) is 45.1 Å². The number of amides is 1. The summed E-state index contributed by atoms with van der Waals surface area (Å²) in [5.74, 6) is 0.0718. The molecule has 0 spiro atoms. The Bertz CT molecular complexity index is 1660. The molecule has 37 heavy (non-hydrogen) atoms. The number of hydrogen-bond acceptors (Lipinski definition) is 10. The zero-order valence-electron chi connectivity index (χ0n) is 19.7. The van der Waals surface area contributed by atoms with Gasteiger partial charge >= 0.3 is 6.09 Å². The van der Waals surface area contributed by atoms with Crippen molar-refractivity contribution in [3.05, 3.63) is 60.1 Å². The second kappa shape index (κ2) is 9.21. The van der Waals surface area contributed by atoms with Crippen LogP contribution in [0.25, 0.3) is 31.8 Å². The summed E-state index contributed by atoms with van der Waals surface area (Å²) in [4.78, 5) is 33.5. The van der Waals surface area contributed by atoms with E-state index < -0.39 is 18.0 Å². The van der Waals surface area contributed by atoms with Gasteiger partial charge in [0, 0.05) is 23.6 Å². The van der Waals surface area contributed by atoms with Gasteiger partial charge in [0.2, 0.25) is 5.88 Å². The lowest BCUT2D eigenvalue weighted by Crippen LogP contribution is -2.25. The molecule has 1 N–H and O–H groups in total. The first-order chi connectivity index (χ1) is 18.0. The first-order valence-electron chi connectivity index (χ1n) is 11.3. The highest BCUT2D eigenvalue weighted by Crippen LogP contribution is 2.43. The standard InChI is InChI=1S/C25H19FN6O4S/c1-12-3-15(21-18(4-12)31-20(34-2)9-29-21)24-32-19-6-17(26)22-16(23(19)37-24)5-14(36-22)10-35-25(33)30-13-7-27-11-28-8-13/h3-4,6-9,11,14H,5,10H2,1-2H3,(H,30,33)/t14-/m1/s1. The summed E-state index contributed by atoms with van der Waals surface area (Å²) in [6.07, 6.45) is 4.98. The second-order valence-corrected chi connectivity index (χ2v) is 9.42. The number of nitrogens with zero attached hydrogens (tertiary/aromatic N) is 5. The molecule has 5 aromatic rings. The lowest BCUT2D eigenvalue weighted by atomic mass is 10.1. The monoisotopic (exact) mass is 518 g/mol. The van der Waals surface area contributed by atoms with Gasteiger partial charge < -0.3 is 14.2 Å². The molecule has 12 heteroatoms. The van der Waals surface area contributed by atoms with Crippen LogP contribution in [0.5, 0.6) is 11.6 Å². The van der Waals surface area contributed by atoms with E-state index in [-0.39, 0.29) is 12.4 Å². The van der Waals surface area contributed by atoms with Crippen LogP contribution in [0.1, 0.15) is 11.1 Å². The third kappa shape index (κ3) is 4.35. The third-order valence-electron chi connectivity index (χ3n) is 5.81. The molecular weight excluding hydrogens is 499 g/mol. The summed E-state index contributed by atoms with van der Waals surface area (Å²) in [6.45, 7) is 1.91. The van der Waals surface area contributed by atoms with Crippen molar-refractivity contribution in [2.75, 3.05) is 19.0 Å². The van der Waals surface area contributed by atoms with Crippen LogP contribution in [0.15, 0.2) is 43.1 Å². The van der Waals surface area contributed by atoms with Gasteiger partial charge in [-0.3, -0.25) is 5.32 Å². The molecule has 0 aliphatic carbocycles. The van der Waals surface area contributed by atoms with Crippen LogP contribution < -0.4 is 14.8 Å². The molecule has 4 heterocycles. The van der Waals surface area contributed by atoms with E-state index in [1.54, 1.807) is 13.3 Å². The van der Waals surface area contributed by atoms with E-state index in [4.69, 9.17) is 19.2 Å². The average Bonchev–Trinajstić information content (AvgIpc) is 3.52. The number of nitrogens with one attached hydrogen (secondary N) is 1. The van der Waals surface area contributed by atoms with Crippen LogP contribution in [0.2, 0.25) is 0 Å². The van der Waals surface area contributed by atoms with E-state index in [1.165, 1.54) is 36.1 Å². The van der Waals surface area contributed by atoms with E-state index in [9.17, 15) is 9.18 Å². The minimum atomic E-state index is -0.677. The predicted molar refractivity (Wildman–Crippen MR) is 135 cm³/mol. The number of carbonyl (C=O) groups excluding carboxylic acids is 1. The fourth-order valence-corrected chi connectivity index (χ4v) is 5.34. The summed E-state index contributed by atoms with van der Waals surface area (Å²) < 4.78 is 32.1. The van der Waals surface area contributed by atoms with Gasteiger partial charge in [0.15, 0.2) is 11.6 Å². The maximum absolute atomic E-state index is 15.0. The number of rotatable bonds is 5. The molecule has 1 amide bonds. The summed E-state index contributed by atoms with van der Waals surface area (Å²) in [7, 11) is 1.54. The molecule has 0 radical (unpaired) electrons. The summed E-state index contributed by atoms with van der Waals surface area (Å²) in [5, 5.41) is 3.23. The topological polar surface area (TPSA) is 121 Å². The lowest BCUT2D eigenvalue weighted by Gasteiger charge is -2.11. The average molecular weight is 519 g/mol. The number of thiazole rings is 1. The Morgan fingerprint density at radius 3 is 2.84 bits per heavy atom. The van der Waals surface area contributed by atoms with Crippen molar-refractivity contribution in [3.8, 4) is 22.2 Å². The molecule has 2 aromatic carbocycles. The first-order valence-corrected chi connectivity index (χ1v) is 12.1. The van der Waals surface area contributed by atoms with Gasteiger partial charge in [-0.15, -0.1) is 11.3 Å². The van der Waals surface area contributed by atoms with E-state index >= 15 is 0 Å². The summed E-state index contributed by atoms with van der Waals surface area (Å²) in [6, 6.07) is 5.28. The molecular formula is C25H19FN6O4S. The normalized spacial score (nSPS) is 14.4. The largest absolute Gasteiger partial charge is 0.483 e. The van der Waals surface area contributed by atoms with Gasteiger partial charge in [-0.2, -0.15) is 0 Å². The molecule has 6 rings (SSSR count). The minimum absolute atomic E-state index is 0.0548. The van der Waals surface area contributed by atoms with Gasteiger partial charge in [-0.25, -0.2) is 34.1 Å². The van der Waals surface area contributed by atoms with Gasteiger partial charge in [0.1, 0.15) is 24.0 Å². The molecule has 1 aliphatic rings. The molecule has 1 atom stereocenters. The zero-order valence-corrected chi connectivity index (χ0v) is 20.5. The molecule has 0 fully saturated rings. The molecule has 10 nitrogen and oxygen atoms in total. The number of fused-ring (bicyclic) bond motifs is 4. The molecule has 0 bridgehead atoms. The highest BCUT2D eigenvalue weighted by atomic mass is 32.1. The third-order valence-corrected chi connectivity index (χ3v) is 6.98. The number of benzene rings is 2. The van der Waals surface area contributed by atoms with Crippen LogP contribution in [0.3, 0.4) is 0 Å². The Morgan fingerprint density at radius 2 is 2.03 bits per heavy atom. The molecule has 1 aliphatic heterocycles. The van der Waals surface area contributed by atoms with Gasteiger partial charge in [0.25, 0.3) is 0 Å². The van der Waals surface area contributed by atoms with Crippen LogP contribution >= 0.6 is 11.3 Å². The Kier molecular flexibility index (Phi) is 5.72. The van der Waals surface area contributed by atoms with Crippen molar-refractivity contribution < 1.29 is 23.4 Å². The number of aromatic nitrogens is 5. The Balaban J connectivity index is 1.27. The van der Waals surface area contributed by atoms with Crippen LogP contribution in [0.4, 0.5) is 14.9 Å².